The zero-order valence-electron chi connectivity index (χ0n) is 8.15. The third kappa shape index (κ3) is 3.01. The minimum Gasteiger partial charge on any atom is -0.316 e. The Morgan fingerprint density at radius 2 is 1.00 bits per heavy atom. The smallest absolute Gasteiger partial charge is 0.0458 e. The summed E-state index contributed by atoms with van der Waals surface area (Å²) in [6.07, 6.45) is 0. The molecule has 0 aliphatic carbocycles. The van der Waals surface area contributed by atoms with E-state index in [0.717, 1.165) is 0 Å². The molecule has 1 heteroatoms. The molecule has 0 spiro atoms. The van der Waals surface area contributed by atoms with Crippen LogP contribution in [0.25, 0.3) is 0 Å². The topological polar surface area (TPSA) is 0 Å². The second-order valence-electron chi connectivity index (χ2n) is 4.77. The van der Waals surface area contributed by atoms with Crippen molar-refractivity contribution < 1.29 is 0 Å². The Bertz CT molecular complexity index is 88.9. The predicted octanol–water partition coefficient (Wildman–Crippen LogP) is 3.86. The van der Waals surface area contributed by atoms with Crippen LogP contribution >= 0.6 is 7.92 Å². The van der Waals surface area contributed by atoms with Gasteiger partial charge in [0.15, 0.2) is 0 Å². The molecule has 62 valence electrons. The molecule has 0 bridgehead atoms. The second-order valence-corrected chi connectivity index (χ2v) is 8.31. The van der Waals surface area contributed by atoms with Crippen molar-refractivity contribution in [2.75, 3.05) is 0 Å². The molecular formula is C9H20P-. The van der Waals surface area contributed by atoms with E-state index in [0.29, 0.717) is 10.3 Å². The molecule has 0 atom stereocenters. The Kier molecular flexibility index (Phi) is 2.94. The fraction of sp³-hybridized carbons (Fsp3) is 0.889. The normalized spacial score (nSPS) is 14.4. The van der Waals surface area contributed by atoms with E-state index in [1.54, 1.807) is 0 Å². The van der Waals surface area contributed by atoms with Gasteiger partial charge in [-0.3, -0.25) is 7.92 Å². The van der Waals surface area contributed by atoms with E-state index in [4.69, 9.17) is 0 Å². The summed E-state index contributed by atoms with van der Waals surface area (Å²) in [5.41, 5.74) is 0. The zero-order chi connectivity index (χ0) is 8.58. The fourth-order valence-corrected chi connectivity index (χ4v) is 3.02. The first kappa shape index (κ1) is 10.4. The van der Waals surface area contributed by atoms with Gasteiger partial charge >= 0.3 is 0 Å². The van der Waals surface area contributed by atoms with Crippen molar-refractivity contribution in [2.45, 2.75) is 51.9 Å². The minimum absolute atomic E-state index is 0.113. The third-order valence-corrected chi connectivity index (χ3v) is 4.86. The van der Waals surface area contributed by atoms with Gasteiger partial charge in [0.05, 0.1) is 0 Å². The molecule has 0 aromatic carbocycles. The highest BCUT2D eigenvalue weighted by Crippen LogP contribution is 2.57. The van der Waals surface area contributed by atoms with Crippen molar-refractivity contribution in [1.82, 2.24) is 0 Å². The summed E-state index contributed by atoms with van der Waals surface area (Å²) in [4.78, 5) is 0. The number of hydrogen-bond acceptors (Lipinski definition) is 0. The average Bonchev–Trinajstić information content (AvgIpc) is 1.59. The van der Waals surface area contributed by atoms with Crippen molar-refractivity contribution in [2.24, 2.45) is 0 Å². The third-order valence-electron chi connectivity index (χ3n) is 1.62. The van der Waals surface area contributed by atoms with Crippen LogP contribution < -0.4 is 0 Å². The van der Waals surface area contributed by atoms with Gasteiger partial charge in [0, 0.05) is 0 Å². The summed E-state index contributed by atoms with van der Waals surface area (Å²) in [7, 11) is -0.113. The standard InChI is InChI=1S/C9H20P/c1-8(2,3)10(7)9(4,5)6/h7H2,1-6H3/q-1. The first-order valence-electron chi connectivity index (χ1n) is 3.76. The van der Waals surface area contributed by atoms with Crippen LogP contribution in [0.2, 0.25) is 0 Å². The van der Waals surface area contributed by atoms with Gasteiger partial charge in [0.1, 0.15) is 0 Å². The molecule has 0 aliphatic heterocycles. The molecule has 0 aromatic heterocycles. The molecule has 0 fully saturated rings. The summed E-state index contributed by atoms with van der Waals surface area (Å²) >= 11 is 0. The second kappa shape index (κ2) is 2.81. The van der Waals surface area contributed by atoms with E-state index in [9.17, 15) is 0 Å². The van der Waals surface area contributed by atoms with Gasteiger partial charge in [-0.15, -0.1) is 0 Å². The van der Waals surface area contributed by atoms with E-state index in [2.05, 4.69) is 48.2 Å². The van der Waals surface area contributed by atoms with Crippen LogP contribution in [0.15, 0.2) is 0 Å². The van der Waals surface area contributed by atoms with Crippen molar-refractivity contribution in [3.8, 4) is 0 Å². The minimum atomic E-state index is -0.113. The Balaban J connectivity index is 4.23. The van der Waals surface area contributed by atoms with E-state index >= 15 is 0 Å². The molecule has 0 heterocycles. The maximum absolute atomic E-state index is 4.25. The fourth-order valence-electron chi connectivity index (χ4n) is 1.01. The van der Waals surface area contributed by atoms with Crippen LogP contribution in [0.5, 0.6) is 0 Å². The summed E-state index contributed by atoms with van der Waals surface area (Å²) in [6, 6.07) is 0. The maximum atomic E-state index is 4.25. The van der Waals surface area contributed by atoms with E-state index in [-0.39, 0.29) is 7.92 Å². The highest BCUT2D eigenvalue weighted by Gasteiger charge is 2.23. The maximum Gasteiger partial charge on any atom is -0.0458 e. The van der Waals surface area contributed by atoms with E-state index < -0.39 is 0 Å². The van der Waals surface area contributed by atoms with Crippen LogP contribution in [-0.4, -0.2) is 10.3 Å². The van der Waals surface area contributed by atoms with E-state index in [1.165, 1.54) is 0 Å². The average molecular weight is 159 g/mol. The van der Waals surface area contributed by atoms with Gasteiger partial charge in [0.2, 0.25) is 0 Å². The number of hydrogen-bond donors (Lipinski definition) is 0. The Hall–Kier alpha value is 0.430. The van der Waals surface area contributed by atoms with Crippen LogP contribution in [0.4, 0.5) is 0 Å². The largest absolute Gasteiger partial charge is 0.316 e. The number of rotatable bonds is 0. The van der Waals surface area contributed by atoms with Gasteiger partial charge in [0.25, 0.3) is 0 Å². The Morgan fingerprint density at radius 3 is 1.00 bits per heavy atom. The molecular weight excluding hydrogens is 139 g/mol. The molecule has 0 radical (unpaired) electrons. The molecule has 0 aliphatic rings. The van der Waals surface area contributed by atoms with Gasteiger partial charge in [-0.05, 0) is 10.3 Å². The van der Waals surface area contributed by atoms with Crippen LogP contribution in [0, 0.1) is 6.66 Å². The van der Waals surface area contributed by atoms with Gasteiger partial charge < -0.3 is 6.66 Å². The monoisotopic (exact) mass is 159 g/mol. The molecule has 0 saturated carbocycles. The van der Waals surface area contributed by atoms with Crippen LogP contribution in [-0.2, 0) is 0 Å². The lowest BCUT2D eigenvalue weighted by molar-refractivity contribution is 0.714. The lowest BCUT2D eigenvalue weighted by atomic mass is 10.2. The van der Waals surface area contributed by atoms with Crippen LogP contribution in [0.1, 0.15) is 41.5 Å². The first-order chi connectivity index (χ1) is 4.15. The highest BCUT2D eigenvalue weighted by molar-refractivity contribution is 7.62. The summed E-state index contributed by atoms with van der Waals surface area (Å²) in [5.74, 6) is 0. The molecule has 0 saturated heterocycles. The molecule has 0 aromatic rings. The Labute approximate surface area is 67.2 Å². The first-order valence-corrected chi connectivity index (χ1v) is 5.29. The summed E-state index contributed by atoms with van der Waals surface area (Å²) in [6.45, 7) is 17.9. The van der Waals surface area contributed by atoms with Crippen molar-refractivity contribution >= 4 is 7.92 Å². The lowest BCUT2D eigenvalue weighted by Gasteiger charge is -2.45. The Morgan fingerprint density at radius 1 is 0.800 bits per heavy atom. The predicted molar refractivity (Wildman–Crippen MR) is 51.8 cm³/mol. The van der Waals surface area contributed by atoms with Crippen molar-refractivity contribution in [1.29, 1.82) is 0 Å². The van der Waals surface area contributed by atoms with E-state index in [1.807, 2.05) is 0 Å². The SMILES string of the molecule is [CH2-]P(C(C)(C)C)C(C)(C)C. The highest BCUT2D eigenvalue weighted by atomic mass is 31.1. The van der Waals surface area contributed by atoms with Gasteiger partial charge in [-0.1, -0.05) is 41.5 Å². The molecule has 0 amide bonds. The molecule has 0 rings (SSSR count). The van der Waals surface area contributed by atoms with Crippen LogP contribution in [0.3, 0.4) is 0 Å². The lowest BCUT2D eigenvalue weighted by Crippen LogP contribution is -2.22. The quantitative estimate of drug-likeness (QED) is 0.372. The van der Waals surface area contributed by atoms with Gasteiger partial charge in [-0.25, -0.2) is 0 Å². The van der Waals surface area contributed by atoms with Gasteiger partial charge in [-0.2, -0.15) is 0 Å². The van der Waals surface area contributed by atoms with Crippen molar-refractivity contribution in [3.63, 3.8) is 0 Å². The summed E-state index contributed by atoms with van der Waals surface area (Å²) < 4.78 is 0. The summed E-state index contributed by atoms with van der Waals surface area (Å²) in [5, 5.41) is 0.793. The molecule has 0 N–H and O–H groups in total. The molecule has 10 heavy (non-hydrogen) atoms. The molecule has 0 nitrogen and oxygen atoms in total. The van der Waals surface area contributed by atoms with Crippen molar-refractivity contribution in [3.05, 3.63) is 6.66 Å². The molecule has 0 unspecified atom stereocenters. The zero-order valence-corrected chi connectivity index (χ0v) is 9.05.